The Labute approximate surface area is 105 Å². The molecule has 0 spiro atoms. The van der Waals surface area contributed by atoms with Crippen LogP contribution < -0.4 is 0 Å². The Morgan fingerprint density at radius 1 is 1.12 bits per heavy atom. The van der Waals surface area contributed by atoms with Gasteiger partial charge in [0, 0.05) is 10.4 Å². The van der Waals surface area contributed by atoms with Crippen LogP contribution in [0.3, 0.4) is 0 Å². The van der Waals surface area contributed by atoms with Gasteiger partial charge in [-0.1, -0.05) is 23.2 Å². The summed E-state index contributed by atoms with van der Waals surface area (Å²) in [4.78, 5) is 3.77. The molecule has 0 unspecified atom stereocenters. The highest BCUT2D eigenvalue weighted by Crippen LogP contribution is 2.37. The Morgan fingerprint density at radius 2 is 1.76 bits per heavy atom. The predicted octanol–water partition coefficient (Wildman–Crippen LogP) is 4.87. The van der Waals surface area contributed by atoms with Crippen LogP contribution in [-0.2, 0) is 6.18 Å². The summed E-state index contributed by atoms with van der Waals surface area (Å²) >= 11 is 11.4. The van der Waals surface area contributed by atoms with Crippen molar-refractivity contribution < 1.29 is 13.2 Å². The van der Waals surface area contributed by atoms with Crippen molar-refractivity contribution in [2.45, 2.75) is 13.1 Å². The van der Waals surface area contributed by atoms with Crippen LogP contribution >= 0.6 is 23.2 Å². The zero-order valence-corrected chi connectivity index (χ0v) is 10.1. The van der Waals surface area contributed by atoms with Gasteiger partial charge in [0.2, 0.25) is 0 Å². The Kier molecular flexibility index (Phi) is 2.96. The van der Waals surface area contributed by atoms with Crippen molar-refractivity contribution in [3.8, 4) is 0 Å². The summed E-state index contributed by atoms with van der Waals surface area (Å²) in [5.41, 5.74) is -0.450. The molecule has 0 saturated carbocycles. The van der Waals surface area contributed by atoms with Gasteiger partial charge < -0.3 is 0 Å². The summed E-state index contributed by atoms with van der Waals surface area (Å²) in [6, 6.07) is 3.82. The standard InChI is InChI=1S/C11H6Cl2F3N/c1-5-2-6-3-7(12)4-8(11(14,15)16)9(6)17-10(5)13/h2-4H,1H3. The molecule has 0 fully saturated rings. The first-order valence-electron chi connectivity index (χ1n) is 4.62. The van der Waals surface area contributed by atoms with Crippen molar-refractivity contribution >= 4 is 34.1 Å². The third kappa shape index (κ3) is 2.33. The van der Waals surface area contributed by atoms with Gasteiger partial charge in [0.05, 0.1) is 11.1 Å². The van der Waals surface area contributed by atoms with Gasteiger partial charge in [-0.15, -0.1) is 0 Å². The summed E-state index contributed by atoms with van der Waals surface area (Å²) in [5.74, 6) is 0. The second-order valence-corrected chi connectivity index (χ2v) is 4.41. The van der Waals surface area contributed by atoms with Gasteiger partial charge in [-0.25, -0.2) is 4.98 Å². The molecular formula is C11H6Cl2F3N. The average Bonchev–Trinajstić information content (AvgIpc) is 2.18. The molecule has 6 heteroatoms. The van der Waals surface area contributed by atoms with Gasteiger partial charge in [-0.3, -0.25) is 0 Å². The maximum absolute atomic E-state index is 12.8. The molecule has 2 aromatic rings. The lowest BCUT2D eigenvalue weighted by atomic mass is 10.1. The van der Waals surface area contributed by atoms with Crippen LogP contribution in [0.15, 0.2) is 18.2 Å². The molecule has 17 heavy (non-hydrogen) atoms. The molecule has 0 aliphatic carbocycles. The first kappa shape index (κ1) is 12.5. The first-order chi connectivity index (χ1) is 7.79. The van der Waals surface area contributed by atoms with E-state index in [0.29, 0.717) is 10.9 Å². The number of rotatable bonds is 0. The molecule has 1 aromatic carbocycles. The Hall–Kier alpha value is -1.00. The van der Waals surface area contributed by atoms with Crippen molar-refractivity contribution in [2.75, 3.05) is 0 Å². The van der Waals surface area contributed by atoms with E-state index in [0.717, 1.165) is 6.07 Å². The molecule has 0 radical (unpaired) electrons. The SMILES string of the molecule is Cc1cc2cc(Cl)cc(C(F)(F)F)c2nc1Cl. The van der Waals surface area contributed by atoms with Gasteiger partial charge >= 0.3 is 6.18 Å². The number of hydrogen-bond donors (Lipinski definition) is 0. The van der Waals surface area contributed by atoms with Gasteiger partial charge in [0.15, 0.2) is 0 Å². The molecule has 0 atom stereocenters. The van der Waals surface area contributed by atoms with Crippen LogP contribution in [0.5, 0.6) is 0 Å². The second kappa shape index (κ2) is 4.03. The highest BCUT2D eigenvalue weighted by Gasteiger charge is 2.34. The van der Waals surface area contributed by atoms with E-state index in [1.54, 1.807) is 6.92 Å². The number of alkyl halides is 3. The third-order valence-corrected chi connectivity index (χ3v) is 2.92. The number of hydrogen-bond acceptors (Lipinski definition) is 1. The van der Waals surface area contributed by atoms with E-state index in [9.17, 15) is 13.2 Å². The fraction of sp³-hybridized carbons (Fsp3) is 0.182. The highest BCUT2D eigenvalue weighted by molar-refractivity contribution is 6.32. The molecule has 2 rings (SSSR count). The van der Waals surface area contributed by atoms with Crippen molar-refractivity contribution in [3.63, 3.8) is 0 Å². The predicted molar refractivity (Wildman–Crippen MR) is 61.5 cm³/mol. The summed E-state index contributed by atoms with van der Waals surface area (Å²) in [6.07, 6.45) is -4.51. The Balaban J connectivity index is 2.88. The average molecular weight is 280 g/mol. The van der Waals surface area contributed by atoms with E-state index >= 15 is 0 Å². The molecule has 90 valence electrons. The van der Waals surface area contributed by atoms with Crippen LogP contribution in [0, 0.1) is 6.92 Å². The zero-order chi connectivity index (χ0) is 12.8. The van der Waals surface area contributed by atoms with E-state index in [-0.39, 0.29) is 15.7 Å². The van der Waals surface area contributed by atoms with Crippen LogP contribution in [0.1, 0.15) is 11.1 Å². The molecule has 0 N–H and O–H groups in total. The molecule has 0 aliphatic rings. The minimum absolute atomic E-state index is 0.0216. The van der Waals surface area contributed by atoms with E-state index in [2.05, 4.69) is 4.98 Å². The lowest BCUT2D eigenvalue weighted by molar-refractivity contribution is -0.136. The van der Waals surface area contributed by atoms with E-state index < -0.39 is 11.7 Å². The monoisotopic (exact) mass is 279 g/mol. The number of benzene rings is 1. The highest BCUT2D eigenvalue weighted by atomic mass is 35.5. The van der Waals surface area contributed by atoms with Gasteiger partial charge in [0.1, 0.15) is 5.15 Å². The summed E-state index contributed by atoms with van der Waals surface area (Å²) < 4.78 is 38.4. The Morgan fingerprint density at radius 3 is 2.35 bits per heavy atom. The van der Waals surface area contributed by atoms with Crippen molar-refractivity contribution in [1.82, 2.24) is 4.98 Å². The molecule has 0 aliphatic heterocycles. The normalized spacial score (nSPS) is 12.1. The fourth-order valence-corrected chi connectivity index (χ4v) is 1.92. The van der Waals surface area contributed by atoms with E-state index in [1.165, 1.54) is 12.1 Å². The number of aromatic nitrogens is 1. The second-order valence-electron chi connectivity index (χ2n) is 3.62. The first-order valence-corrected chi connectivity index (χ1v) is 5.38. The number of aryl methyl sites for hydroxylation is 1. The van der Waals surface area contributed by atoms with Crippen molar-refractivity contribution in [3.05, 3.63) is 39.5 Å². The number of pyridine rings is 1. The van der Waals surface area contributed by atoms with Gasteiger partial charge in [-0.05, 0) is 30.7 Å². The summed E-state index contributed by atoms with van der Waals surface area (Å²) in [6.45, 7) is 1.67. The maximum Gasteiger partial charge on any atom is 0.418 e. The minimum atomic E-state index is -4.51. The van der Waals surface area contributed by atoms with Crippen molar-refractivity contribution in [2.24, 2.45) is 0 Å². The molecule has 0 saturated heterocycles. The molecule has 0 bridgehead atoms. The molecule has 0 amide bonds. The van der Waals surface area contributed by atoms with Crippen LogP contribution in [0.2, 0.25) is 10.2 Å². The van der Waals surface area contributed by atoms with Crippen LogP contribution in [0.4, 0.5) is 13.2 Å². The lowest BCUT2D eigenvalue weighted by Gasteiger charge is -2.11. The topological polar surface area (TPSA) is 12.9 Å². The van der Waals surface area contributed by atoms with E-state index in [4.69, 9.17) is 23.2 Å². The maximum atomic E-state index is 12.8. The fourth-order valence-electron chi connectivity index (χ4n) is 1.55. The quantitative estimate of drug-likeness (QED) is 0.627. The lowest BCUT2D eigenvalue weighted by Crippen LogP contribution is -2.07. The third-order valence-electron chi connectivity index (χ3n) is 2.32. The smallest absolute Gasteiger partial charge is 0.235 e. The van der Waals surface area contributed by atoms with Crippen LogP contribution in [0.25, 0.3) is 10.9 Å². The minimum Gasteiger partial charge on any atom is -0.235 e. The largest absolute Gasteiger partial charge is 0.418 e. The molecule has 1 aromatic heterocycles. The molecular weight excluding hydrogens is 274 g/mol. The van der Waals surface area contributed by atoms with Crippen LogP contribution in [-0.4, -0.2) is 4.98 Å². The molecule has 1 nitrogen and oxygen atoms in total. The summed E-state index contributed by atoms with van der Waals surface area (Å²) in [7, 11) is 0. The number of nitrogens with zero attached hydrogens (tertiary/aromatic N) is 1. The number of halogens is 5. The Bertz CT molecular complexity index is 593. The van der Waals surface area contributed by atoms with Crippen molar-refractivity contribution in [1.29, 1.82) is 0 Å². The van der Waals surface area contributed by atoms with Gasteiger partial charge in [0.25, 0.3) is 0 Å². The molecule has 1 heterocycles. The summed E-state index contributed by atoms with van der Waals surface area (Å²) in [5, 5.41) is 0.408. The van der Waals surface area contributed by atoms with Gasteiger partial charge in [-0.2, -0.15) is 13.2 Å². The van der Waals surface area contributed by atoms with E-state index in [1.807, 2.05) is 0 Å². The zero-order valence-electron chi connectivity index (χ0n) is 8.57. The number of fused-ring (bicyclic) bond motifs is 1.